The van der Waals surface area contributed by atoms with Crippen molar-refractivity contribution in [2.24, 2.45) is 0 Å². The molecule has 5 rings (SSSR count). The lowest BCUT2D eigenvalue weighted by atomic mass is 10.1. The molecule has 0 unspecified atom stereocenters. The summed E-state index contributed by atoms with van der Waals surface area (Å²) in [6.07, 6.45) is 5.14. The van der Waals surface area contributed by atoms with Gasteiger partial charge in [0.05, 0.1) is 23.3 Å². The average molecular weight is 361 g/mol. The molecule has 0 saturated carbocycles. The summed E-state index contributed by atoms with van der Waals surface area (Å²) in [5.41, 5.74) is 3.80. The first kappa shape index (κ1) is 15.0. The highest BCUT2D eigenvalue weighted by Gasteiger charge is 2.10. The van der Waals surface area contributed by atoms with E-state index in [9.17, 15) is 0 Å². The molecule has 0 amide bonds. The van der Waals surface area contributed by atoms with E-state index in [1.165, 1.54) is 0 Å². The van der Waals surface area contributed by atoms with Crippen LogP contribution in [0, 0.1) is 0 Å². The van der Waals surface area contributed by atoms with E-state index in [-0.39, 0.29) is 0 Å². The Labute approximate surface area is 153 Å². The van der Waals surface area contributed by atoms with Crippen molar-refractivity contribution in [2.75, 3.05) is 0 Å². The number of fused-ring (bicyclic) bond motifs is 3. The summed E-state index contributed by atoms with van der Waals surface area (Å²) >= 11 is 5.90. The van der Waals surface area contributed by atoms with E-state index in [0.29, 0.717) is 17.4 Å². The third kappa shape index (κ3) is 2.60. The molecule has 0 radical (unpaired) electrons. The number of hydrogen-bond acceptors (Lipinski definition) is 4. The second kappa shape index (κ2) is 5.93. The molecule has 0 aliphatic carbocycles. The van der Waals surface area contributed by atoms with E-state index in [1.54, 1.807) is 27.9 Å². The Morgan fingerprint density at radius 3 is 2.65 bits per heavy atom. The second-order valence-electron chi connectivity index (χ2n) is 6.02. The third-order valence-corrected chi connectivity index (χ3v) is 4.44. The van der Waals surface area contributed by atoms with E-state index in [2.05, 4.69) is 15.2 Å². The predicted molar refractivity (Wildman–Crippen MR) is 100 cm³/mol. The van der Waals surface area contributed by atoms with Crippen LogP contribution in [0.2, 0.25) is 5.02 Å². The Hall–Kier alpha value is -3.25. The monoisotopic (exact) mass is 360 g/mol. The minimum absolute atomic E-state index is 0.636. The van der Waals surface area contributed by atoms with Crippen molar-refractivity contribution in [1.29, 1.82) is 0 Å². The fourth-order valence-corrected chi connectivity index (χ4v) is 3.13. The van der Waals surface area contributed by atoms with Crippen LogP contribution < -0.4 is 0 Å². The minimum Gasteiger partial charge on any atom is -0.267 e. The molecule has 0 fully saturated rings. The zero-order valence-electron chi connectivity index (χ0n) is 13.6. The molecule has 6 nitrogen and oxygen atoms in total. The topological polar surface area (TPSA) is 60.9 Å². The Morgan fingerprint density at radius 1 is 1.00 bits per heavy atom. The first-order valence-electron chi connectivity index (χ1n) is 8.14. The van der Waals surface area contributed by atoms with E-state index in [1.807, 2.05) is 48.5 Å². The van der Waals surface area contributed by atoms with Crippen molar-refractivity contribution in [3.05, 3.63) is 77.8 Å². The molecule has 3 aromatic heterocycles. The van der Waals surface area contributed by atoms with Crippen LogP contribution in [-0.2, 0) is 6.54 Å². The lowest BCUT2D eigenvalue weighted by molar-refractivity contribution is 0.687. The van der Waals surface area contributed by atoms with Crippen LogP contribution in [-0.4, -0.2) is 29.4 Å². The highest BCUT2D eigenvalue weighted by Crippen LogP contribution is 2.21. The fraction of sp³-hybridized carbons (Fsp3) is 0.0526. The van der Waals surface area contributed by atoms with Gasteiger partial charge in [0.2, 0.25) is 0 Å². The smallest absolute Gasteiger partial charge is 0.182 e. The van der Waals surface area contributed by atoms with Crippen molar-refractivity contribution in [3.8, 4) is 11.4 Å². The largest absolute Gasteiger partial charge is 0.267 e. The molecule has 2 aromatic carbocycles. The number of nitrogens with zero attached hydrogens (tertiary/aromatic N) is 6. The summed E-state index contributed by atoms with van der Waals surface area (Å²) in [5, 5.41) is 10.4. The van der Waals surface area contributed by atoms with Gasteiger partial charge in [-0.15, -0.1) is 5.10 Å². The lowest BCUT2D eigenvalue weighted by Gasteiger charge is -2.02. The molecule has 3 heterocycles. The molecular weight excluding hydrogens is 348 g/mol. The molecule has 0 aliphatic heterocycles. The van der Waals surface area contributed by atoms with Crippen LogP contribution in [0.15, 0.2) is 67.3 Å². The highest BCUT2D eigenvalue weighted by atomic mass is 35.5. The standard InChI is InChI=1S/C19H13ClN6/c20-15-9-22-25(11-15)10-13-5-7-14(8-6-13)18-23-19-16-3-1-2-4-17(16)21-12-26(19)24-18/h1-9,11-12H,10H2. The van der Waals surface area contributed by atoms with Gasteiger partial charge >= 0.3 is 0 Å². The fourth-order valence-electron chi connectivity index (χ4n) is 2.97. The summed E-state index contributed by atoms with van der Waals surface area (Å²) in [6, 6.07) is 16.1. The van der Waals surface area contributed by atoms with Crippen molar-refractivity contribution in [2.45, 2.75) is 6.54 Å². The first-order valence-corrected chi connectivity index (χ1v) is 8.51. The number of hydrogen-bond donors (Lipinski definition) is 0. The highest BCUT2D eigenvalue weighted by molar-refractivity contribution is 6.30. The van der Waals surface area contributed by atoms with Gasteiger partial charge in [-0.2, -0.15) is 5.10 Å². The molecule has 0 N–H and O–H groups in total. The van der Waals surface area contributed by atoms with E-state index < -0.39 is 0 Å². The summed E-state index contributed by atoms with van der Waals surface area (Å²) in [5.74, 6) is 0.678. The van der Waals surface area contributed by atoms with E-state index >= 15 is 0 Å². The molecule has 5 aromatic rings. The summed E-state index contributed by atoms with van der Waals surface area (Å²) in [7, 11) is 0. The van der Waals surface area contributed by atoms with Crippen LogP contribution in [0.25, 0.3) is 27.9 Å². The lowest BCUT2D eigenvalue weighted by Crippen LogP contribution is -1.99. The van der Waals surface area contributed by atoms with Crippen molar-refractivity contribution in [1.82, 2.24) is 29.4 Å². The Kier molecular flexibility index (Phi) is 3.43. The molecule has 126 valence electrons. The molecule has 0 saturated heterocycles. The third-order valence-electron chi connectivity index (χ3n) is 4.24. The summed E-state index contributed by atoms with van der Waals surface area (Å²) in [6.45, 7) is 0.667. The number of halogens is 1. The Balaban J connectivity index is 1.50. The summed E-state index contributed by atoms with van der Waals surface area (Å²) < 4.78 is 3.52. The van der Waals surface area contributed by atoms with Crippen LogP contribution >= 0.6 is 11.6 Å². The Morgan fingerprint density at radius 2 is 1.85 bits per heavy atom. The maximum atomic E-state index is 5.90. The second-order valence-corrected chi connectivity index (χ2v) is 6.45. The van der Waals surface area contributed by atoms with Gasteiger partial charge in [-0.3, -0.25) is 4.68 Å². The maximum absolute atomic E-state index is 5.90. The molecule has 0 atom stereocenters. The quantitative estimate of drug-likeness (QED) is 0.490. The maximum Gasteiger partial charge on any atom is 0.182 e. The van der Waals surface area contributed by atoms with Gasteiger partial charge < -0.3 is 0 Å². The SMILES string of the molecule is Clc1cnn(Cc2ccc(-c3nc4c5ccccc5ncn4n3)cc2)c1. The summed E-state index contributed by atoms with van der Waals surface area (Å²) in [4.78, 5) is 9.12. The van der Waals surface area contributed by atoms with Crippen LogP contribution in [0.4, 0.5) is 0 Å². The Bertz CT molecular complexity index is 1220. The average Bonchev–Trinajstić information content (AvgIpc) is 3.28. The van der Waals surface area contributed by atoms with Crippen molar-refractivity contribution in [3.63, 3.8) is 0 Å². The zero-order valence-corrected chi connectivity index (χ0v) is 14.4. The van der Waals surface area contributed by atoms with Crippen molar-refractivity contribution < 1.29 is 0 Å². The van der Waals surface area contributed by atoms with Crippen LogP contribution in [0.1, 0.15) is 5.56 Å². The van der Waals surface area contributed by atoms with Gasteiger partial charge in [0.25, 0.3) is 0 Å². The number of benzene rings is 2. The molecule has 7 heteroatoms. The molecule has 0 bridgehead atoms. The van der Waals surface area contributed by atoms with E-state index in [4.69, 9.17) is 16.6 Å². The van der Waals surface area contributed by atoms with Gasteiger partial charge in [-0.25, -0.2) is 14.5 Å². The van der Waals surface area contributed by atoms with Crippen molar-refractivity contribution >= 4 is 28.2 Å². The molecule has 0 aliphatic rings. The molecule has 0 spiro atoms. The van der Waals surface area contributed by atoms with Crippen LogP contribution in [0.5, 0.6) is 0 Å². The number of para-hydroxylation sites is 1. The first-order chi connectivity index (χ1) is 12.8. The van der Waals surface area contributed by atoms with E-state index in [0.717, 1.165) is 27.7 Å². The predicted octanol–water partition coefficient (Wildman–Crippen LogP) is 3.84. The number of rotatable bonds is 3. The van der Waals surface area contributed by atoms with Crippen LogP contribution in [0.3, 0.4) is 0 Å². The minimum atomic E-state index is 0.636. The normalized spacial score (nSPS) is 11.4. The van der Waals surface area contributed by atoms with Gasteiger partial charge in [-0.05, 0) is 17.7 Å². The van der Waals surface area contributed by atoms with Gasteiger partial charge in [0.15, 0.2) is 11.5 Å². The molecule has 26 heavy (non-hydrogen) atoms. The van der Waals surface area contributed by atoms with Gasteiger partial charge in [0.1, 0.15) is 6.33 Å². The zero-order chi connectivity index (χ0) is 17.5. The number of aromatic nitrogens is 6. The van der Waals surface area contributed by atoms with Gasteiger partial charge in [0, 0.05) is 17.1 Å². The van der Waals surface area contributed by atoms with Gasteiger partial charge in [-0.1, -0.05) is 48.0 Å². The molecular formula is C19H13ClN6.